The summed E-state index contributed by atoms with van der Waals surface area (Å²) in [5.41, 5.74) is 2.37. The molecule has 1 aliphatic rings. The highest BCUT2D eigenvalue weighted by atomic mass is 79.9. The number of fused-ring (bicyclic) bond motifs is 1. The molecule has 5 nitrogen and oxygen atoms in total. The summed E-state index contributed by atoms with van der Waals surface area (Å²) in [4.78, 5) is 27.5. The minimum Gasteiger partial charge on any atom is -0.444 e. The van der Waals surface area contributed by atoms with Crippen molar-refractivity contribution >= 4 is 33.6 Å². The molecule has 0 unspecified atom stereocenters. The Morgan fingerprint density at radius 3 is 2.57 bits per heavy atom. The monoisotopic (exact) mass is 444 g/mol. The van der Waals surface area contributed by atoms with Gasteiger partial charge in [-0.2, -0.15) is 0 Å². The van der Waals surface area contributed by atoms with Crippen LogP contribution in [0, 0.1) is 0 Å². The quantitative estimate of drug-likeness (QED) is 0.756. The van der Waals surface area contributed by atoms with Crippen LogP contribution in [-0.2, 0) is 22.4 Å². The Kier molecular flexibility index (Phi) is 6.08. The lowest BCUT2D eigenvalue weighted by Gasteiger charge is -2.27. The maximum Gasteiger partial charge on any atom is 0.408 e. The number of anilines is 1. The highest BCUT2D eigenvalue weighted by Gasteiger charge is 2.32. The summed E-state index contributed by atoms with van der Waals surface area (Å²) in [7, 11) is 0. The maximum atomic E-state index is 13.3. The van der Waals surface area contributed by atoms with Gasteiger partial charge in [0.1, 0.15) is 11.6 Å². The average molecular weight is 445 g/mol. The molecule has 0 saturated carbocycles. The normalized spacial score (nSPS) is 14.4. The molecule has 2 amide bonds. The molecule has 0 saturated heterocycles. The fourth-order valence-corrected chi connectivity index (χ4v) is 3.70. The van der Waals surface area contributed by atoms with Crippen LogP contribution in [0.1, 0.15) is 31.9 Å². The molecule has 6 heteroatoms. The van der Waals surface area contributed by atoms with Crippen molar-refractivity contribution in [2.75, 3.05) is 11.4 Å². The molecule has 0 radical (unpaired) electrons. The molecular formula is C22H25BrN2O3. The Labute approximate surface area is 174 Å². The van der Waals surface area contributed by atoms with E-state index in [1.54, 1.807) is 25.7 Å². The van der Waals surface area contributed by atoms with Gasteiger partial charge in [-0.25, -0.2) is 4.79 Å². The van der Waals surface area contributed by atoms with E-state index in [1.165, 1.54) is 0 Å². The van der Waals surface area contributed by atoms with Crippen LogP contribution < -0.4 is 10.2 Å². The first kappa shape index (κ1) is 20.4. The molecule has 0 spiro atoms. The Hall–Kier alpha value is -2.34. The van der Waals surface area contributed by atoms with Crippen molar-refractivity contribution in [1.29, 1.82) is 0 Å². The van der Waals surface area contributed by atoms with E-state index in [9.17, 15) is 9.59 Å². The highest BCUT2D eigenvalue weighted by molar-refractivity contribution is 9.10. The van der Waals surface area contributed by atoms with Gasteiger partial charge in [0.2, 0.25) is 5.91 Å². The molecule has 28 heavy (non-hydrogen) atoms. The standard InChI is InChI=1S/C22H25BrN2O3/c1-22(2,3)28-21(27)24-18(13-15-7-5-4-6-8-15)20(26)25-12-11-16-14-17(23)9-10-19(16)25/h4-10,14,18H,11-13H2,1-3H3,(H,24,27)/t18-/m1/s1. The van der Waals surface area contributed by atoms with Crippen molar-refractivity contribution in [1.82, 2.24) is 5.32 Å². The third-order valence-electron chi connectivity index (χ3n) is 4.47. The van der Waals surface area contributed by atoms with Crippen molar-refractivity contribution < 1.29 is 14.3 Å². The first-order valence-corrected chi connectivity index (χ1v) is 10.2. The van der Waals surface area contributed by atoms with Crippen molar-refractivity contribution in [2.45, 2.75) is 45.3 Å². The minimum absolute atomic E-state index is 0.129. The number of rotatable bonds is 4. The number of nitrogens with zero attached hydrogens (tertiary/aromatic N) is 1. The van der Waals surface area contributed by atoms with Crippen LogP contribution in [0.2, 0.25) is 0 Å². The van der Waals surface area contributed by atoms with Gasteiger partial charge in [-0.15, -0.1) is 0 Å². The van der Waals surface area contributed by atoms with Gasteiger partial charge in [-0.1, -0.05) is 46.3 Å². The number of benzene rings is 2. The average Bonchev–Trinajstić information content (AvgIpc) is 3.02. The van der Waals surface area contributed by atoms with Crippen molar-refractivity contribution in [3.8, 4) is 0 Å². The van der Waals surface area contributed by atoms with Crippen molar-refractivity contribution in [2.24, 2.45) is 0 Å². The smallest absolute Gasteiger partial charge is 0.408 e. The predicted molar refractivity (Wildman–Crippen MR) is 114 cm³/mol. The Balaban J connectivity index is 1.82. The number of alkyl carbamates (subject to hydrolysis) is 1. The summed E-state index contributed by atoms with van der Waals surface area (Å²) in [5.74, 6) is -0.129. The zero-order valence-electron chi connectivity index (χ0n) is 16.4. The number of hydrogen-bond acceptors (Lipinski definition) is 3. The molecule has 0 aliphatic carbocycles. The zero-order chi connectivity index (χ0) is 20.3. The summed E-state index contributed by atoms with van der Waals surface area (Å²) in [6, 6.07) is 14.9. The molecule has 1 aliphatic heterocycles. The van der Waals surface area contributed by atoms with E-state index < -0.39 is 17.7 Å². The van der Waals surface area contributed by atoms with Gasteiger partial charge in [-0.05, 0) is 56.5 Å². The van der Waals surface area contributed by atoms with Gasteiger partial charge in [0.15, 0.2) is 0 Å². The second kappa shape index (κ2) is 8.35. The van der Waals surface area contributed by atoms with Gasteiger partial charge >= 0.3 is 6.09 Å². The SMILES string of the molecule is CC(C)(C)OC(=O)N[C@H](Cc1ccccc1)C(=O)N1CCc2cc(Br)ccc21. The van der Waals surface area contributed by atoms with Crippen LogP contribution in [0.3, 0.4) is 0 Å². The number of hydrogen-bond donors (Lipinski definition) is 1. The lowest BCUT2D eigenvalue weighted by atomic mass is 10.0. The Bertz CT molecular complexity index is 862. The summed E-state index contributed by atoms with van der Waals surface area (Å²) < 4.78 is 6.37. The van der Waals surface area contributed by atoms with E-state index >= 15 is 0 Å². The van der Waals surface area contributed by atoms with E-state index in [2.05, 4.69) is 21.2 Å². The van der Waals surface area contributed by atoms with Crippen LogP contribution in [0.25, 0.3) is 0 Å². The molecule has 1 atom stereocenters. The number of halogens is 1. The van der Waals surface area contributed by atoms with Crippen molar-refractivity contribution in [3.05, 3.63) is 64.1 Å². The van der Waals surface area contributed by atoms with Gasteiger partial charge in [-0.3, -0.25) is 4.79 Å². The van der Waals surface area contributed by atoms with E-state index in [-0.39, 0.29) is 5.91 Å². The number of nitrogens with one attached hydrogen (secondary N) is 1. The van der Waals surface area contributed by atoms with Gasteiger partial charge in [0.25, 0.3) is 0 Å². The fraction of sp³-hybridized carbons (Fsp3) is 0.364. The molecule has 3 rings (SSSR count). The molecule has 0 fully saturated rings. The van der Waals surface area contributed by atoms with Crippen LogP contribution in [0.5, 0.6) is 0 Å². The third kappa shape index (κ3) is 5.13. The first-order chi connectivity index (χ1) is 13.2. The lowest BCUT2D eigenvalue weighted by Crippen LogP contribution is -2.50. The maximum absolute atomic E-state index is 13.3. The van der Waals surface area contributed by atoms with Crippen LogP contribution in [0.4, 0.5) is 10.5 Å². The molecule has 1 heterocycles. The van der Waals surface area contributed by atoms with Gasteiger partial charge in [0, 0.05) is 23.1 Å². The fourth-order valence-electron chi connectivity index (χ4n) is 3.29. The number of amides is 2. The third-order valence-corrected chi connectivity index (χ3v) is 4.97. The van der Waals surface area contributed by atoms with Gasteiger partial charge < -0.3 is 15.0 Å². The van der Waals surface area contributed by atoms with Crippen LogP contribution in [-0.4, -0.2) is 30.2 Å². The Morgan fingerprint density at radius 2 is 1.89 bits per heavy atom. The first-order valence-electron chi connectivity index (χ1n) is 9.36. The molecule has 148 valence electrons. The second-order valence-corrected chi connectivity index (χ2v) is 8.82. The minimum atomic E-state index is -0.702. The van der Waals surface area contributed by atoms with Crippen LogP contribution in [0.15, 0.2) is 53.0 Å². The molecule has 1 N–H and O–H groups in total. The number of carbonyl (C=O) groups is 2. The molecule has 0 bridgehead atoms. The molecule has 2 aromatic rings. The summed E-state index contributed by atoms with van der Waals surface area (Å²) in [6.07, 6.45) is 0.615. The van der Waals surface area contributed by atoms with E-state index in [4.69, 9.17) is 4.74 Å². The predicted octanol–water partition coefficient (Wildman–Crippen LogP) is 4.47. The molecule has 2 aromatic carbocycles. The summed E-state index contributed by atoms with van der Waals surface area (Å²) in [6.45, 7) is 6.01. The van der Waals surface area contributed by atoms with Crippen molar-refractivity contribution in [3.63, 3.8) is 0 Å². The molecular weight excluding hydrogens is 420 g/mol. The topological polar surface area (TPSA) is 58.6 Å². The van der Waals surface area contributed by atoms with E-state index in [1.807, 2.05) is 48.5 Å². The zero-order valence-corrected chi connectivity index (χ0v) is 18.0. The van der Waals surface area contributed by atoms with E-state index in [0.717, 1.165) is 27.7 Å². The summed E-state index contributed by atoms with van der Waals surface area (Å²) >= 11 is 3.48. The number of carbonyl (C=O) groups excluding carboxylic acids is 2. The van der Waals surface area contributed by atoms with E-state index in [0.29, 0.717) is 13.0 Å². The van der Waals surface area contributed by atoms with Gasteiger partial charge in [0.05, 0.1) is 0 Å². The Morgan fingerprint density at radius 1 is 1.18 bits per heavy atom. The van der Waals surface area contributed by atoms with Crippen LogP contribution >= 0.6 is 15.9 Å². The lowest BCUT2D eigenvalue weighted by molar-refractivity contribution is -0.120. The highest BCUT2D eigenvalue weighted by Crippen LogP contribution is 2.31. The summed E-state index contributed by atoms with van der Waals surface area (Å²) in [5, 5.41) is 2.78. The largest absolute Gasteiger partial charge is 0.444 e. The molecule has 0 aromatic heterocycles. The number of ether oxygens (including phenoxy) is 1. The second-order valence-electron chi connectivity index (χ2n) is 7.90.